The van der Waals surface area contributed by atoms with Crippen molar-refractivity contribution in [3.63, 3.8) is 0 Å². The van der Waals surface area contributed by atoms with E-state index in [1.165, 1.54) is 4.90 Å². The predicted octanol–water partition coefficient (Wildman–Crippen LogP) is 2.63. The Bertz CT molecular complexity index is 596. The molecule has 0 atom stereocenters. The molecule has 0 fully saturated rings. The third-order valence-electron chi connectivity index (χ3n) is 3.98. The van der Waals surface area contributed by atoms with Crippen LogP contribution < -0.4 is 11.1 Å². The van der Waals surface area contributed by atoms with Crippen molar-refractivity contribution in [3.05, 3.63) is 35.4 Å². The normalized spacial score (nSPS) is 13.9. The van der Waals surface area contributed by atoms with Crippen LogP contribution >= 0.6 is 24.0 Å². The summed E-state index contributed by atoms with van der Waals surface area (Å²) >= 11 is 0. The lowest BCUT2D eigenvalue weighted by atomic mass is 10.1. The van der Waals surface area contributed by atoms with Crippen LogP contribution in [-0.4, -0.2) is 42.3 Å². The van der Waals surface area contributed by atoms with Crippen molar-refractivity contribution in [1.29, 1.82) is 0 Å². The number of halogens is 1. The van der Waals surface area contributed by atoms with Gasteiger partial charge in [-0.15, -0.1) is 24.0 Å². The summed E-state index contributed by atoms with van der Waals surface area (Å²) in [7, 11) is 0. The molecule has 7 heteroatoms. The van der Waals surface area contributed by atoms with Crippen LogP contribution in [0.5, 0.6) is 0 Å². The maximum atomic E-state index is 12.2. The molecule has 0 aliphatic carbocycles. The second-order valence-electron chi connectivity index (χ2n) is 6.39. The van der Waals surface area contributed by atoms with E-state index in [1.807, 2.05) is 0 Å². The van der Waals surface area contributed by atoms with E-state index in [4.69, 9.17) is 5.73 Å². The van der Waals surface area contributed by atoms with Gasteiger partial charge in [-0.3, -0.25) is 19.5 Å². The highest BCUT2D eigenvalue weighted by Crippen LogP contribution is 2.22. The SMILES string of the molecule is CC(C)CCNC(N)=NCCCCN1C(=O)c2ccccc2C1=O.I. The molecule has 0 unspecified atom stereocenters. The van der Waals surface area contributed by atoms with Crippen LogP contribution in [0.4, 0.5) is 0 Å². The van der Waals surface area contributed by atoms with Crippen LogP contribution in [0.25, 0.3) is 0 Å². The number of imide groups is 1. The fraction of sp³-hybridized carbons (Fsp3) is 0.500. The number of unbranched alkanes of at least 4 members (excludes halogenated alkanes) is 1. The standard InChI is InChI=1S/C18H26N4O2.HI/c1-13(2)9-11-21-18(19)20-10-5-6-12-22-16(23)14-7-3-4-8-15(14)17(22)24;/h3-4,7-8,13H,5-6,9-12H2,1-2H3,(H3,19,20,21);1H. The fourth-order valence-corrected chi connectivity index (χ4v) is 2.57. The van der Waals surface area contributed by atoms with Gasteiger partial charge in [0.2, 0.25) is 0 Å². The summed E-state index contributed by atoms with van der Waals surface area (Å²) in [6.07, 6.45) is 2.55. The third kappa shape index (κ3) is 5.98. The van der Waals surface area contributed by atoms with E-state index >= 15 is 0 Å². The summed E-state index contributed by atoms with van der Waals surface area (Å²) in [5, 5.41) is 3.08. The van der Waals surface area contributed by atoms with Gasteiger partial charge in [-0.05, 0) is 37.3 Å². The molecule has 0 saturated heterocycles. The highest BCUT2D eigenvalue weighted by Gasteiger charge is 2.34. The summed E-state index contributed by atoms with van der Waals surface area (Å²) in [6.45, 7) is 6.15. The number of rotatable bonds is 8. The van der Waals surface area contributed by atoms with E-state index in [2.05, 4.69) is 24.2 Å². The molecule has 0 radical (unpaired) electrons. The second-order valence-corrected chi connectivity index (χ2v) is 6.39. The van der Waals surface area contributed by atoms with E-state index in [0.717, 1.165) is 19.4 Å². The zero-order valence-electron chi connectivity index (χ0n) is 14.8. The predicted molar refractivity (Wildman–Crippen MR) is 110 cm³/mol. The lowest BCUT2D eigenvalue weighted by Crippen LogP contribution is -2.33. The molecular weight excluding hydrogens is 431 g/mol. The maximum absolute atomic E-state index is 12.2. The molecule has 25 heavy (non-hydrogen) atoms. The highest BCUT2D eigenvalue weighted by molar-refractivity contribution is 14.0. The van der Waals surface area contributed by atoms with Crippen molar-refractivity contribution in [3.8, 4) is 0 Å². The average Bonchev–Trinajstić information content (AvgIpc) is 2.79. The Morgan fingerprint density at radius 1 is 1.16 bits per heavy atom. The lowest BCUT2D eigenvalue weighted by Gasteiger charge is -2.13. The molecule has 2 amide bonds. The van der Waals surface area contributed by atoms with Crippen molar-refractivity contribution >= 4 is 41.8 Å². The van der Waals surface area contributed by atoms with E-state index < -0.39 is 0 Å². The topological polar surface area (TPSA) is 87.8 Å². The molecule has 1 aromatic carbocycles. The van der Waals surface area contributed by atoms with Gasteiger partial charge in [-0.25, -0.2) is 0 Å². The maximum Gasteiger partial charge on any atom is 0.261 e. The zero-order chi connectivity index (χ0) is 17.5. The fourth-order valence-electron chi connectivity index (χ4n) is 2.57. The van der Waals surface area contributed by atoms with E-state index in [0.29, 0.717) is 42.5 Å². The molecule has 1 aliphatic rings. The number of carbonyl (C=O) groups is 2. The van der Waals surface area contributed by atoms with Crippen LogP contribution in [0.1, 0.15) is 53.8 Å². The number of hydrogen-bond donors (Lipinski definition) is 2. The van der Waals surface area contributed by atoms with Gasteiger partial charge in [-0.1, -0.05) is 26.0 Å². The van der Waals surface area contributed by atoms with E-state index in [9.17, 15) is 9.59 Å². The minimum atomic E-state index is -0.200. The molecule has 1 aromatic rings. The largest absolute Gasteiger partial charge is 0.370 e. The Morgan fingerprint density at radius 3 is 2.32 bits per heavy atom. The number of nitrogens with one attached hydrogen (secondary N) is 1. The van der Waals surface area contributed by atoms with Gasteiger partial charge in [0, 0.05) is 19.6 Å². The first-order valence-corrected chi connectivity index (χ1v) is 8.49. The summed E-state index contributed by atoms with van der Waals surface area (Å²) in [6, 6.07) is 6.95. The third-order valence-corrected chi connectivity index (χ3v) is 3.98. The molecule has 0 spiro atoms. The number of nitrogens with zero attached hydrogens (tertiary/aromatic N) is 2. The monoisotopic (exact) mass is 458 g/mol. The van der Waals surface area contributed by atoms with Gasteiger partial charge >= 0.3 is 0 Å². The zero-order valence-corrected chi connectivity index (χ0v) is 17.2. The first-order valence-electron chi connectivity index (χ1n) is 8.49. The number of benzene rings is 1. The Balaban J connectivity index is 0.00000312. The number of guanidine groups is 1. The molecule has 1 aliphatic heterocycles. The molecule has 0 saturated carbocycles. The highest BCUT2D eigenvalue weighted by atomic mass is 127. The second kappa shape index (κ2) is 10.4. The van der Waals surface area contributed by atoms with E-state index in [1.54, 1.807) is 24.3 Å². The molecule has 6 nitrogen and oxygen atoms in total. The summed E-state index contributed by atoms with van der Waals surface area (Å²) in [5.41, 5.74) is 6.78. The molecule has 0 aromatic heterocycles. The molecular formula is C18H27IN4O2. The minimum Gasteiger partial charge on any atom is -0.370 e. The Labute approximate surface area is 166 Å². The minimum absolute atomic E-state index is 0. The Hall–Kier alpha value is -1.64. The Kier molecular flexibility index (Phi) is 8.88. The molecule has 2 rings (SSSR count). The summed E-state index contributed by atoms with van der Waals surface area (Å²) in [4.78, 5) is 30.0. The van der Waals surface area contributed by atoms with Crippen LogP contribution in [0.3, 0.4) is 0 Å². The van der Waals surface area contributed by atoms with Gasteiger partial charge in [-0.2, -0.15) is 0 Å². The van der Waals surface area contributed by atoms with Crippen molar-refractivity contribution in [2.75, 3.05) is 19.6 Å². The molecule has 3 N–H and O–H groups in total. The molecule has 0 bridgehead atoms. The number of amides is 2. The van der Waals surface area contributed by atoms with Crippen molar-refractivity contribution < 1.29 is 9.59 Å². The van der Waals surface area contributed by atoms with Crippen LogP contribution in [-0.2, 0) is 0 Å². The first-order chi connectivity index (χ1) is 11.5. The van der Waals surface area contributed by atoms with Crippen molar-refractivity contribution in [1.82, 2.24) is 10.2 Å². The van der Waals surface area contributed by atoms with Crippen molar-refractivity contribution in [2.24, 2.45) is 16.6 Å². The van der Waals surface area contributed by atoms with Gasteiger partial charge in [0.05, 0.1) is 11.1 Å². The molecule has 1 heterocycles. The first kappa shape index (κ1) is 21.4. The average molecular weight is 458 g/mol. The van der Waals surface area contributed by atoms with Gasteiger partial charge in [0.15, 0.2) is 5.96 Å². The lowest BCUT2D eigenvalue weighted by molar-refractivity contribution is 0.0652. The quantitative estimate of drug-likeness (QED) is 0.206. The number of carbonyl (C=O) groups excluding carboxylic acids is 2. The van der Waals surface area contributed by atoms with E-state index in [-0.39, 0.29) is 35.8 Å². The van der Waals surface area contributed by atoms with Gasteiger partial charge < -0.3 is 11.1 Å². The summed E-state index contributed by atoms with van der Waals surface area (Å²) in [5.74, 6) is 0.685. The summed E-state index contributed by atoms with van der Waals surface area (Å²) < 4.78 is 0. The van der Waals surface area contributed by atoms with Crippen LogP contribution in [0.2, 0.25) is 0 Å². The number of fused-ring (bicyclic) bond motifs is 1. The van der Waals surface area contributed by atoms with Crippen LogP contribution in [0, 0.1) is 5.92 Å². The van der Waals surface area contributed by atoms with Crippen LogP contribution in [0.15, 0.2) is 29.3 Å². The Morgan fingerprint density at radius 2 is 1.76 bits per heavy atom. The van der Waals surface area contributed by atoms with Gasteiger partial charge in [0.25, 0.3) is 11.8 Å². The van der Waals surface area contributed by atoms with Crippen molar-refractivity contribution in [2.45, 2.75) is 33.1 Å². The van der Waals surface area contributed by atoms with Gasteiger partial charge in [0.1, 0.15) is 0 Å². The number of hydrogen-bond acceptors (Lipinski definition) is 3. The molecule has 138 valence electrons. The number of nitrogens with two attached hydrogens (primary N) is 1. The number of aliphatic imine (C=N–C) groups is 1. The smallest absolute Gasteiger partial charge is 0.261 e.